The first-order valence-electron chi connectivity index (χ1n) is 9.97. The zero-order valence-electron chi connectivity index (χ0n) is 15.6. The van der Waals surface area contributed by atoms with Gasteiger partial charge in [-0.05, 0) is 44.4 Å². The summed E-state index contributed by atoms with van der Waals surface area (Å²) in [6.45, 7) is 4.99. The minimum atomic E-state index is -0.730. The van der Waals surface area contributed by atoms with E-state index in [9.17, 15) is 9.59 Å². The lowest BCUT2D eigenvalue weighted by molar-refractivity contribution is -0.152. The molecule has 4 nitrogen and oxygen atoms in total. The molecule has 0 aromatic carbocycles. The molecule has 0 radical (unpaired) electrons. The van der Waals surface area contributed by atoms with Gasteiger partial charge in [-0.2, -0.15) is 0 Å². The van der Waals surface area contributed by atoms with Crippen molar-refractivity contribution in [3.63, 3.8) is 0 Å². The highest BCUT2D eigenvalue weighted by molar-refractivity contribution is 5.74. The maximum absolute atomic E-state index is 12.1. The van der Waals surface area contributed by atoms with E-state index in [0.717, 1.165) is 18.8 Å². The Morgan fingerprint density at radius 1 is 0.917 bits per heavy atom. The van der Waals surface area contributed by atoms with Crippen LogP contribution < -0.4 is 0 Å². The lowest BCUT2D eigenvalue weighted by atomic mass is 9.82. The van der Waals surface area contributed by atoms with Crippen molar-refractivity contribution in [2.24, 2.45) is 17.8 Å². The fraction of sp³-hybridized carbons (Fsp3) is 0.900. The van der Waals surface area contributed by atoms with Crippen molar-refractivity contribution in [1.29, 1.82) is 0 Å². The number of carbonyl (C=O) groups is 2. The van der Waals surface area contributed by atoms with Crippen LogP contribution in [0.4, 0.5) is 0 Å². The molecule has 1 atom stereocenters. The smallest absolute Gasteiger partial charge is 0.308 e. The van der Waals surface area contributed by atoms with Crippen LogP contribution in [0.2, 0.25) is 0 Å². The van der Waals surface area contributed by atoms with Crippen LogP contribution in [-0.4, -0.2) is 23.7 Å². The second kappa shape index (κ2) is 12.3. The lowest BCUT2D eigenvalue weighted by Crippen LogP contribution is -2.27. The van der Waals surface area contributed by atoms with Gasteiger partial charge in [0.05, 0.1) is 18.4 Å². The number of carbonyl (C=O) groups excluding carboxylic acids is 1. The summed E-state index contributed by atoms with van der Waals surface area (Å²) in [6.07, 6.45) is 12.3. The molecule has 1 rings (SSSR count). The van der Waals surface area contributed by atoms with Crippen LogP contribution in [0.1, 0.15) is 90.9 Å². The fourth-order valence-corrected chi connectivity index (χ4v) is 3.76. The molecular formula is C20H36O4. The minimum absolute atomic E-state index is 0.0865. The Kier molecular flexibility index (Phi) is 10.8. The maximum atomic E-state index is 12.1. The van der Waals surface area contributed by atoms with Crippen LogP contribution >= 0.6 is 0 Å². The first-order chi connectivity index (χ1) is 11.6. The van der Waals surface area contributed by atoms with E-state index in [1.165, 1.54) is 38.5 Å². The molecule has 1 unspecified atom stereocenters. The van der Waals surface area contributed by atoms with Gasteiger partial charge in [-0.25, -0.2) is 0 Å². The number of ether oxygens (including phenoxy) is 1. The molecule has 0 spiro atoms. The molecular weight excluding hydrogens is 304 g/mol. The number of hydrogen-bond acceptors (Lipinski definition) is 3. The molecule has 4 heteroatoms. The Labute approximate surface area is 147 Å². The summed E-state index contributed by atoms with van der Waals surface area (Å²) in [7, 11) is 0. The van der Waals surface area contributed by atoms with E-state index in [1.807, 2.05) is 0 Å². The predicted molar refractivity (Wildman–Crippen MR) is 95.8 cm³/mol. The summed E-state index contributed by atoms with van der Waals surface area (Å²) < 4.78 is 5.45. The van der Waals surface area contributed by atoms with Gasteiger partial charge in [0.2, 0.25) is 0 Å². The molecule has 0 aliphatic heterocycles. The van der Waals surface area contributed by atoms with Gasteiger partial charge in [0, 0.05) is 0 Å². The van der Waals surface area contributed by atoms with E-state index in [0.29, 0.717) is 32.3 Å². The summed E-state index contributed by atoms with van der Waals surface area (Å²) in [5.74, 6) is -0.432. The van der Waals surface area contributed by atoms with E-state index in [-0.39, 0.29) is 17.8 Å². The highest BCUT2D eigenvalue weighted by atomic mass is 16.5. The van der Waals surface area contributed by atoms with E-state index in [4.69, 9.17) is 9.84 Å². The van der Waals surface area contributed by atoms with Crippen molar-refractivity contribution in [2.75, 3.05) is 6.61 Å². The van der Waals surface area contributed by atoms with Crippen LogP contribution in [0.3, 0.4) is 0 Å². The molecule has 1 fully saturated rings. The SMILES string of the molecule is CCCCCC(CCC)CCCOC(=O)C1CCC(C(=O)O)CC1. The number of hydrogen-bond donors (Lipinski definition) is 1. The zero-order chi connectivity index (χ0) is 17.8. The second-order valence-corrected chi connectivity index (χ2v) is 7.35. The summed E-state index contributed by atoms with van der Waals surface area (Å²) in [6, 6.07) is 0. The van der Waals surface area contributed by atoms with Crippen molar-refractivity contribution in [3.8, 4) is 0 Å². The maximum Gasteiger partial charge on any atom is 0.308 e. The third kappa shape index (κ3) is 8.16. The standard InChI is InChI=1S/C20H36O4/c1-3-5-6-9-16(8-4-2)10-7-15-24-20(23)18-13-11-17(12-14-18)19(21)22/h16-18H,3-15H2,1-2H3,(H,21,22). The quantitative estimate of drug-likeness (QED) is 0.392. The van der Waals surface area contributed by atoms with E-state index >= 15 is 0 Å². The highest BCUT2D eigenvalue weighted by Crippen LogP contribution is 2.30. The largest absolute Gasteiger partial charge is 0.481 e. The van der Waals surface area contributed by atoms with Gasteiger partial charge in [0.1, 0.15) is 0 Å². The summed E-state index contributed by atoms with van der Waals surface area (Å²) in [5, 5.41) is 8.99. The normalized spacial score (nSPS) is 22.1. The van der Waals surface area contributed by atoms with Gasteiger partial charge < -0.3 is 9.84 Å². The van der Waals surface area contributed by atoms with Crippen molar-refractivity contribution in [3.05, 3.63) is 0 Å². The zero-order valence-corrected chi connectivity index (χ0v) is 15.6. The minimum Gasteiger partial charge on any atom is -0.481 e. The number of carboxylic acids is 1. The third-order valence-corrected chi connectivity index (χ3v) is 5.32. The van der Waals surface area contributed by atoms with Gasteiger partial charge in [0.15, 0.2) is 0 Å². The highest BCUT2D eigenvalue weighted by Gasteiger charge is 2.30. The average molecular weight is 341 g/mol. The molecule has 1 aliphatic carbocycles. The van der Waals surface area contributed by atoms with Crippen molar-refractivity contribution in [2.45, 2.75) is 90.9 Å². The first kappa shape index (κ1) is 21.0. The second-order valence-electron chi connectivity index (χ2n) is 7.35. The monoisotopic (exact) mass is 340 g/mol. The van der Waals surface area contributed by atoms with Crippen molar-refractivity contribution < 1.29 is 19.4 Å². The Bertz CT molecular complexity index is 359. The molecule has 0 aromatic rings. The van der Waals surface area contributed by atoms with Crippen molar-refractivity contribution >= 4 is 11.9 Å². The van der Waals surface area contributed by atoms with Gasteiger partial charge in [-0.15, -0.1) is 0 Å². The van der Waals surface area contributed by atoms with Crippen molar-refractivity contribution in [1.82, 2.24) is 0 Å². The Balaban J connectivity index is 2.16. The summed E-state index contributed by atoms with van der Waals surface area (Å²) in [5.41, 5.74) is 0. The molecule has 0 amide bonds. The van der Waals surface area contributed by atoms with Gasteiger partial charge in [-0.1, -0.05) is 52.4 Å². The molecule has 1 saturated carbocycles. The Morgan fingerprint density at radius 3 is 2.12 bits per heavy atom. The van der Waals surface area contributed by atoms with E-state index in [2.05, 4.69) is 13.8 Å². The van der Waals surface area contributed by atoms with Gasteiger partial charge >= 0.3 is 11.9 Å². The van der Waals surface area contributed by atoms with Gasteiger partial charge in [0.25, 0.3) is 0 Å². The molecule has 24 heavy (non-hydrogen) atoms. The van der Waals surface area contributed by atoms with Crippen LogP contribution in [-0.2, 0) is 14.3 Å². The van der Waals surface area contributed by atoms with Crippen LogP contribution in [0.25, 0.3) is 0 Å². The lowest BCUT2D eigenvalue weighted by Gasteiger charge is -2.24. The number of aliphatic carboxylic acids is 1. The fourth-order valence-electron chi connectivity index (χ4n) is 3.76. The number of rotatable bonds is 12. The first-order valence-corrected chi connectivity index (χ1v) is 9.97. The molecule has 1 aliphatic rings. The van der Waals surface area contributed by atoms with Crippen LogP contribution in [0, 0.1) is 17.8 Å². The van der Waals surface area contributed by atoms with Crippen LogP contribution in [0.5, 0.6) is 0 Å². The topological polar surface area (TPSA) is 63.6 Å². The number of unbranched alkanes of at least 4 members (excludes halogenated alkanes) is 2. The Morgan fingerprint density at radius 2 is 1.54 bits per heavy atom. The molecule has 140 valence electrons. The van der Waals surface area contributed by atoms with E-state index < -0.39 is 5.97 Å². The summed E-state index contributed by atoms with van der Waals surface area (Å²) >= 11 is 0. The van der Waals surface area contributed by atoms with Crippen LogP contribution in [0.15, 0.2) is 0 Å². The van der Waals surface area contributed by atoms with E-state index in [1.54, 1.807) is 0 Å². The number of esters is 1. The molecule has 0 saturated heterocycles. The Hall–Kier alpha value is -1.06. The van der Waals surface area contributed by atoms with Gasteiger partial charge in [-0.3, -0.25) is 9.59 Å². The third-order valence-electron chi connectivity index (χ3n) is 5.32. The molecule has 0 aromatic heterocycles. The molecule has 0 heterocycles. The molecule has 1 N–H and O–H groups in total. The predicted octanol–water partition coefficient (Wildman–Crippen LogP) is 5.20. The molecule has 0 bridgehead atoms. The summed E-state index contributed by atoms with van der Waals surface area (Å²) in [4.78, 5) is 23.0. The number of carboxylic acid groups (broad SMARTS) is 1. The average Bonchev–Trinajstić information content (AvgIpc) is 2.58.